The van der Waals surface area contributed by atoms with E-state index in [4.69, 9.17) is 4.74 Å². The van der Waals surface area contributed by atoms with E-state index in [9.17, 15) is 22.8 Å². The van der Waals surface area contributed by atoms with E-state index in [-0.39, 0.29) is 0 Å². The van der Waals surface area contributed by atoms with Crippen LogP contribution in [0.1, 0.15) is 27.2 Å². The molecular formula is C11H16F3NO4. The van der Waals surface area contributed by atoms with Gasteiger partial charge in [-0.3, -0.25) is 0 Å². The molecule has 0 spiro atoms. The summed E-state index contributed by atoms with van der Waals surface area (Å²) >= 11 is 0. The summed E-state index contributed by atoms with van der Waals surface area (Å²) in [6.07, 6.45) is -6.20. The average Bonchev–Trinajstić information content (AvgIpc) is 2.89. The van der Waals surface area contributed by atoms with Crippen molar-refractivity contribution in [1.82, 2.24) is 5.32 Å². The van der Waals surface area contributed by atoms with Gasteiger partial charge in [0.15, 0.2) is 5.54 Å². The maximum absolute atomic E-state index is 12.6. The fourth-order valence-electron chi connectivity index (χ4n) is 1.74. The number of carbonyl (C=O) groups is 2. The standard InChI is InChI=1S/C11H16F3NO4/c1-9(2,3)19-8(17)15-10(7(16)18-4)5-6(10)11(12,13)14/h6H,5H2,1-4H3,(H,15,17)/t6-,10-/m0/s1. The van der Waals surface area contributed by atoms with Crippen LogP contribution in [0.4, 0.5) is 18.0 Å². The van der Waals surface area contributed by atoms with Gasteiger partial charge in [-0.15, -0.1) is 0 Å². The van der Waals surface area contributed by atoms with Gasteiger partial charge < -0.3 is 14.8 Å². The third kappa shape index (κ3) is 3.51. The number of carbonyl (C=O) groups excluding carboxylic acids is 2. The number of hydrogen-bond donors (Lipinski definition) is 1. The number of hydrogen-bond acceptors (Lipinski definition) is 4. The first-order valence-electron chi connectivity index (χ1n) is 5.58. The summed E-state index contributed by atoms with van der Waals surface area (Å²) in [7, 11) is 0.965. The lowest BCUT2D eigenvalue weighted by atomic mass is 10.2. The molecule has 1 aliphatic rings. The van der Waals surface area contributed by atoms with E-state index in [1.807, 2.05) is 5.32 Å². The summed E-state index contributed by atoms with van der Waals surface area (Å²) in [6.45, 7) is 4.68. The van der Waals surface area contributed by atoms with Crippen LogP contribution in [0.25, 0.3) is 0 Å². The van der Waals surface area contributed by atoms with E-state index in [1.54, 1.807) is 20.8 Å². The van der Waals surface area contributed by atoms with Gasteiger partial charge in [0.25, 0.3) is 0 Å². The van der Waals surface area contributed by atoms with Crippen LogP contribution in [-0.4, -0.2) is 36.5 Å². The largest absolute Gasteiger partial charge is 0.467 e. The quantitative estimate of drug-likeness (QED) is 0.787. The van der Waals surface area contributed by atoms with Crippen LogP contribution >= 0.6 is 0 Å². The first-order chi connectivity index (χ1) is 8.42. The first-order valence-corrected chi connectivity index (χ1v) is 5.58. The zero-order chi connectivity index (χ0) is 15.1. The van der Waals surface area contributed by atoms with Crippen molar-refractivity contribution in [1.29, 1.82) is 0 Å². The number of rotatable bonds is 2. The van der Waals surface area contributed by atoms with E-state index in [0.717, 1.165) is 7.11 Å². The molecule has 1 N–H and O–H groups in total. The van der Waals surface area contributed by atoms with Gasteiger partial charge in [-0.2, -0.15) is 13.2 Å². The molecule has 0 aromatic rings. The Bertz CT molecular complexity index is 388. The normalized spacial score (nSPS) is 26.6. The zero-order valence-electron chi connectivity index (χ0n) is 11.1. The third-order valence-electron chi connectivity index (χ3n) is 2.63. The van der Waals surface area contributed by atoms with Gasteiger partial charge in [-0.1, -0.05) is 0 Å². The zero-order valence-corrected chi connectivity index (χ0v) is 11.1. The molecule has 0 saturated heterocycles. The van der Waals surface area contributed by atoms with Crippen LogP contribution in [0.15, 0.2) is 0 Å². The third-order valence-corrected chi connectivity index (χ3v) is 2.63. The Morgan fingerprint density at radius 1 is 1.26 bits per heavy atom. The number of methoxy groups -OCH3 is 1. The van der Waals surface area contributed by atoms with Crippen LogP contribution in [0.2, 0.25) is 0 Å². The number of esters is 1. The number of alkyl halides is 3. The molecule has 1 fully saturated rings. The molecule has 0 heterocycles. The topological polar surface area (TPSA) is 64.6 Å². The van der Waals surface area contributed by atoms with Gasteiger partial charge in [-0.05, 0) is 27.2 Å². The molecule has 8 heteroatoms. The number of nitrogens with one attached hydrogen (secondary N) is 1. The van der Waals surface area contributed by atoms with Crippen molar-refractivity contribution >= 4 is 12.1 Å². The highest BCUT2D eigenvalue weighted by atomic mass is 19.4. The van der Waals surface area contributed by atoms with E-state index in [2.05, 4.69) is 4.74 Å². The minimum absolute atomic E-state index is 0.539. The lowest BCUT2D eigenvalue weighted by Gasteiger charge is -2.23. The molecule has 0 unspecified atom stereocenters. The molecule has 1 aliphatic carbocycles. The fraction of sp³-hybridized carbons (Fsp3) is 0.818. The highest BCUT2D eigenvalue weighted by Crippen LogP contribution is 2.54. The Morgan fingerprint density at radius 2 is 1.79 bits per heavy atom. The van der Waals surface area contributed by atoms with E-state index in [1.165, 1.54) is 0 Å². The van der Waals surface area contributed by atoms with Crippen LogP contribution in [0.3, 0.4) is 0 Å². The van der Waals surface area contributed by atoms with E-state index >= 15 is 0 Å². The highest BCUT2D eigenvalue weighted by Gasteiger charge is 2.73. The minimum Gasteiger partial charge on any atom is -0.467 e. The smallest absolute Gasteiger partial charge is 0.408 e. The average molecular weight is 283 g/mol. The Morgan fingerprint density at radius 3 is 2.11 bits per heavy atom. The summed E-state index contributed by atoms with van der Waals surface area (Å²) < 4.78 is 47.0. The second-order valence-corrected chi connectivity index (χ2v) is 5.39. The molecule has 2 atom stereocenters. The van der Waals surface area contributed by atoms with Crippen molar-refractivity contribution in [3.05, 3.63) is 0 Å². The second kappa shape index (κ2) is 4.57. The molecule has 1 saturated carbocycles. The number of ether oxygens (including phenoxy) is 2. The summed E-state index contributed by atoms with van der Waals surface area (Å²) in [5, 5.41) is 1.98. The first kappa shape index (κ1) is 15.6. The Hall–Kier alpha value is -1.47. The summed E-state index contributed by atoms with van der Waals surface area (Å²) in [6, 6.07) is 0. The Kier molecular flexibility index (Phi) is 3.75. The van der Waals surface area contributed by atoms with Gasteiger partial charge in [-0.25, -0.2) is 9.59 Å². The summed E-state index contributed by atoms with van der Waals surface area (Å²) in [5.41, 5.74) is -2.93. The number of alkyl carbamates (subject to hydrolysis) is 1. The fourth-order valence-corrected chi connectivity index (χ4v) is 1.74. The van der Waals surface area contributed by atoms with Gasteiger partial charge in [0.1, 0.15) is 5.60 Å². The van der Waals surface area contributed by atoms with Crippen LogP contribution in [0.5, 0.6) is 0 Å². The molecule has 0 bridgehead atoms. The molecule has 5 nitrogen and oxygen atoms in total. The molecule has 1 amide bonds. The predicted octanol–water partition coefficient (Wildman–Crippen LogP) is 2.01. The van der Waals surface area contributed by atoms with Crippen molar-refractivity contribution < 1.29 is 32.2 Å². The summed E-state index contributed by atoms with van der Waals surface area (Å²) in [5.74, 6) is -3.07. The highest BCUT2D eigenvalue weighted by molar-refractivity contribution is 5.89. The lowest BCUT2D eigenvalue weighted by molar-refractivity contribution is -0.165. The van der Waals surface area contributed by atoms with Crippen molar-refractivity contribution in [2.24, 2.45) is 5.92 Å². The molecule has 0 aliphatic heterocycles. The van der Waals surface area contributed by atoms with E-state index < -0.39 is 41.7 Å². The monoisotopic (exact) mass is 283 g/mol. The molecule has 0 aromatic heterocycles. The molecule has 0 aromatic carbocycles. The maximum atomic E-state index is 12.6. The van der Waals surface area contributed by atoms with Crippen molar-refractivity contribution in [3.63, 3.8) is 0 Å². The van der Waals surface area contributed by atoms with Gasteiger partial charge in [0.05, 0.1) is 13.0 Å². The Labute approximate surface area is 108 Å². The Balaban J connectivity index is 2.81. The molecular weight excluding hydrogens is 267 g/mol. The summed E-state index contributed by atoms with van der Waals surface area (Å²) in [4.78, 5) is 23.0. The molecule has 110 valence electrons. The molecule has 1 rings (SSSR count). The number of halogens is 3. The van der Waals surface area contributed by atoms with Gasteiger partial charge >= 0.3 is 18.2 Å². The number of amides is 1. The van der Waals surface area contributed by atoms with Gasteiger partial charge in [0, 0.05) is 0 Å². The predicted molar refractivity (Wildman–Crippen MR) is 58.3 cm³/mol. The SMILES string of the molecule is COC(=O)[C@]1(NC(=O)OC(C)(C)C)C[C@@H]1C(F)(F)F. The second-order valence-electron chi connectivity index (χ2n) is 5.39. The molecule has 0 radical (unpaired) electrons. The van der Waals surface area contributed by atoms with Crippen LogP contribution in [-0.2, 0) is 14.3 Å². The van der Waals surface area contributed by atoms with Crippen molar-refractivity contribution in [2.45, 2.75) is 44.5 Å². The maximum Gasteiger partial charge on any atom is 0.408 e. The van der Waals surface area contributed by atoms with Crippen molar-refractivity contribution in [2.75, 3.05) is 7.11 Å². The lowest BCUT2D eigenvalue weighted by Crippen LogP contribution is -2.49. The van der Waals surface area contributed by atoms with Gasteiger partial charge in [0.2, 0.25) is 0 Å². The molecule has 19 heavy (non-hydrogen) atoms. The van der Waals surface area contributed by atoms with Crippen LogP contribution in [0, 0.1) is 5.92 Å². The van der Waals surface area contributed by atoms with E-state index in [0.29, 0.717) is 0 Å². The van der Waals surface area contributed by atoms with Crippen LogP contribution < -0.4 is 5.32 Å². The van der Waals surface area contributed by atoms with Crippen molar-refractivity contribution in [3.8, 4) is 0 Å². The minimum atomic E-state index is -4.58.